The molecule has 2 rings (SSSR count). The molecule has 0 saturated carbocycles. The number of benzene rings is 1. The van der Waals surface area contributed by atoms with Crippen LogP contribution < -0.4 is 4.74 Å². The van der Waals surface area contributed by atoms with Crippen LogP contribution >= 0.6 is 0 Å². The van der Waals surface area contributed by atoms with Gasteiger partial charge in [0.2, 0.25) is 0 Å². The fraction of sp³-hybridized carbons (Fsp3) is 0.500. The average molecular weight is 246 g/mol. The smallest absolute Gasteiger partial charge is 0.119 e. The number of rotatable bonds is 4. The molecule has 1 fully saturated rings. The number of β-amino-alcohol motifs (C(OH)–C–C–N with tert-alkyl or cyclic N) is 1. The van der Waals surface area contributed by atoms with E-state index in [1.54, 1.807) is 7.11 Å². The molecule has 4 heteroatoms. The minimum atomic E-state index is -0.306. The highest BCUT2D eigenvalue weighted by Crippen LogP contribution is 2.33. The van der Waals surface area contributed by atoms with Crippen molar-refractivity contribution < 1.29 is 9.84 Å². The van der Waals surface area contributed by atoms with Gasteiger partial charge in [0.15, 0.2) is 0 Å². The lowest BCUT2D eigenvalue weighted by Gasteiger charge is -2.23. The molecule has 1 aliphatic heterocycles. The minimum Gasteiger partial charge on any atom is -0.497 e. The van der Waals surface area contributed by atoms with E-state index in [9.17, 15) is 5.11 Å². The molecule has 0 radical (unpaired) electrons. The zero-order valence-electron chi connectivity index (χ0n) is 10.5. The van der Waals surface area contributed by atoms with Crippen molar-refractivity contribution in [2.24, 2.45) is 0 Å². The summed E-state index contributed by atoms with van der Waals surface area (Å²) in [7, 11) is 1.65. The molecule has 1 aromatic carbocycles. The fourth-order valence-corrected chi connectivity index (χ4v) is 2.52. The van der Waals surface area contributed by atoms with Crippen LogP contribution in [-0.2, 0) is 0 Å². The van der Waals surface area contributed by atoms with E-state index in [1.807, 2.05) is 24.3 Å². The highest BCUT2D eigenvalue weighted by atomic mass is 16.5. The second-order valence-corrected chi connectivity index (χ2v) is 4.58. The molecule has 1 heterocycles. The summed E-state index contributed by atoms with van der Waals surface area (Å²) in [5.41, 5.74) is 1.14. The Kier molecular flexibility index (Phi) is 4.19. The first kappa shape index (κ1) is 12.9. The van der Waals surface area contributed by atoms with Crippen molar-refractivity contribution >= 4 is 0 Å². The van der Waals surface area contributed by atoms with Gasteiger partial charge in [-0.05, 0) is 24.1 Å². The van der Waals surface area contributed by atoms with Crippen molar-refractivity contribution in [2.75, 3.05) is 20.2 Å². The fourth-order valence-electron chi connectivity index (χ4n) is 2.52. The molecule has 18 heavy (non-hydrogen) atoms. The Morgan fingerprint density at radius 2 is 2.39 bits per heavy atom. The Hall–Kier alpha value is -1.57. The normalized spacial score (nSPS) is 23.8. The van der Waals surface area contributed by atoms with Gasteiger partial charge >= 0.3 is 0 Å². The third-order valence-corrected chi connectivity index (χ3v) is 3.37. The number of nitrogens with zero attached hydrogens (tertiary/aromatic N) is 2. The summed E-state index contributed by atoms with van der Waals surface area (Å²) in [5, 5.41) is 18.5. The Labute approximate surface area is 107 Å². The monoisotopic (exact) mass is 246 g/mol. The Balaban J connectivity index is 2.16. The lowest BCUT2D eigenvalue weighted by Crippen LogP contribution is -2.25. The van der Waals surface area contributed by atoms with Crippen LogP contribution in [-0.4, -0.2) is 36.3 Å². The van der Waals surface area contributed by atoms with Gasteiger partial charge < -0.3 is 9.84 Å². The van der Waals surface area contributed by atoms with Crippen LogP contribution in [0.1, 0.15) is 24.4 Å². The summed E-state index contributed by atoms with van der Waals surface area (Å²) in [6, 6.07) is 10.3. The van der Waals surface area contributed by atoms with E-state index in [2.05, 4.69) is 11.0 Å². The number of hydrogen-bond donors (Lipinski definition) is 1. The molecule has 1 aromatic rings. The molecule has 0 bridgehead atoms. The van der Waals surface area contributed by atoms with E-state index in [-0.39, 0.29) is 12.1 Å². The van der Waals surface area contributed by atoms with Gasteiger partial charge in [-0.15, -0.1) is 0 Å². The molecule has 1 N–H and O–H groups in total. The van der Waals surface area contributed by atoms with Crippen molar-refractivity contribution in [3.8, 4) is 11.8 Å². The van der Waals surface area contributed by atoms with Gasteiger partial charge in [-0.2, -0.15) is 5.26 Å². The highest BCUT2D eigenvalue weighted by molar-refractivity contribution is 5.31. The Bertz CT molecular complexity index is 442. The number of hydrogen-bond acceptors (Lipinski definition) is 4. The van der Waals surface area contributed by atoms with Gasteiger partial charge in [0, 0.05) is 25.6 Å². The largest absolute Gasteiger partial charge is 0.497 e. The van der Waals surface area contributed by atoms with Crippen molar-refractivity contribution in [3.05, 3.63) is 29.8 Å². The first-order valence-electron chi connectivity index (χ1n) is 6.17. The molecule has 0 amide bonds. The zero-order valence-corrected chi connectivity index (χ0v) is 10.5. The number of aliphatic hydroxyl groups excluding tert-OH is 1. The van der Waals surface area contributed by atoms with Crippen LogP contribution in [0, 0.1) is 11.3 Å². The first-order chi connectivity index (χ1) is 8.74. The van der Waals surface area contributed by atoms with Crippen molar-refractivity contribution in [3.63, 3.8) is 0 Å². The maximum atomic E-state index is 9.80. The predicted octanol–water partition coefficient (Wildman–Crippen LogP) is 1.72. The topological polar surface area (TPSA) is 56.5 Å². The minimum absolute atomic E-state index is 0.184. The van der Waals surface area contributed by atoms with Gasteiger partial charge in [-0.3, -0.25) is 4.90 Å². The molecule has 0 spiro atoms. The summed E-state index contributed by atoms with van der Waals surface area (Å²) in [5.74, 6) is 0.828. The quantitative estimate of drug-likeness (QED) is 0.878. The van der Waals surface area contributed by atoms with E-state index in [1.165, 1.54) is 0 Å². The van der Waals surface area contributed by atoms with Gasteiger partial charge in [-0.1, -0.05) is 12.1 Å². The van der Waals surface area contributed by atoms with Crippen LogP contribution in [0.3, 0.4) is 0 Å². The maximum absolute atomic E-state index is 9.80. The summed E-state index contributed by atoms with van der Waals surface area (Å²) < 4.78 is 5.22. The van der Waals surface area contributed by atoms with Gasteiger partial charge in [0.1, 0.15) is 5.75 Å². The summed E-state index contributed by atoms with van der Waals surface area (Å²) in [6.45, 7) is 1.35. The van der Waals surface area contributed by atoms with Gasteiger partial charge in [0.05, 0.1) is 19.3 Å². The van der Waals surface area contributed by atoms with E-state index >= 15 is 0 Å². The lowest BCUT2D eigenvalue weighted by molar-refractivity contribution is 0.176. The van der Waals surface area contributed by atoms with E-state index in [0.29, 0.717) is 19.5 Å². The molecule has 1 aliphatic rings. The molecule has 96 valence electrons. The third-order valence-electron chi connectivity index (χ3n) is 3.37. The van der Waals surface area contributed by atoms with E-state index < -0.39 is 0 Å². The van der Waals surface area contributed by atoms with Gasteiger partial charge in [-0.25, -0.2) is 0 Å². The standard InChI is InChI=1S/C14H18N2O2/c1-18-13-5-2-4-11(8-13)14-9-12(17)10-16(14)7-3-6-15/h2,4-5,8,12,14,17H,3,7,9-10H2,1H3. The Morgan fingerprint density at radius 3 is 3.11 bits per heavy atom. The maximum Gasteiger partial charge on any atom is 0.119 e. The van der Waals surface area contributed by atoms with E-state index in [0.717, 1.165) is 17.7 Å². The second-order valence-electron chi connectivity index (χ2n) is 4.58. The molecule has 0 aromatic heterocycles. The summed E-state index contributed by atoms with van der Waals surface area (Å²) in [4.78, 5) is 2.17. The summed E-state index contributed by atoms with van der Waals surface area (Å²) in [6.07, 6.45) is 0.908. The molecular weight excluding hydrogens is 228 g/mol. The number of ether oxygens (including phenoxy) is 1. The molecule has 0 aliphatic carbocycles. The third kappa shape index (κ3) is 2.81. The molecule has 2 atom stereocenters. The van der Waals surface area contributed by atoms with Crippen LogP contribution in [0.4, 0.5) is 0 Å². The molecule has 2 unspecified atom stereocenters. The SMILES string of the molecule is COc1cccc(C2CC(O)CN2CCC#N)c1. The van der Waals surface area contributed by atoms with Crippen LogP contribution in [0.5, 0.6) is 5.75 Å². The number of methoxy groups -OCH3 is 1. The zero-order chi connectivity index (χ0) is 13.0. The number of aliphatic hydroxyl groups is 1. The lowest BCUT2D eigenvalue weighted by atomic mass is 10.0. The predicted molar refractivity (Wildman–Crippen MR) is 68.2 cm³/mol. The van der Waals surface area contributed by atoms with Crippen molar-refractivity contribution in [2.45, 2.75) is 25.0 Å². The van der Waals surface area contributed by atoms with Crippen molar-refractivity contribution in [1.82, 2.24) is 4.90 Å². The average Bonchev–Trinajstić information content (AvgIpc) is 2.77. The summed E-state index contributed by atoms with van der Waals surface area (Å²) >= 11 is 0. The number of nitriles is 1. The Morgan fingerprint density at radius 1 is 1.56 bits per heavy atom. The van der Waals surface area contributed by atoms with Crippen LogP contribution in [0.25, 0.3) is 0 Å². The second kappa shape index (κ2) is 5.85. The molecular formula is C14H18N2O2. The molecule has 1 saturated heterocycles. The van der Waals surface area contributed by atoms with Crippen LogP contribution in [0.2, 0.25) is 0 Å². The van der Waals surface area contributed by atoms with E-state index in [4.69, 9.17) is 10.00 Å². The van der Waals surface area contributed by atoms with Crippen LogP contribution in [0.15, 0.2) is 24.3 Å². The highest BCUT2D eigenvalue weighted by Gasteiger charge is 2.31. The molecule has 4 nitrogen and oxygen atoms in total. The van der Waals surface area contributed by atoms with Gasteiger partial charge in [0.25, 0.3) is 0 Å². The first-order valence-corrected chi connectivity index (χ1v) is 6.17. The number of likely N-dealkylation sites (tertiary alicyclic amines) is 1. The van der Waals surface area contributed by atoms with Crippen molar-refractivity contribution in [1.29, 1.82) is 5.26 Å².